The van der Waals surface area contributed by atoms with Gasteiger partial charge in [-0.2, -0.15) is 0 Å². The van der Waals surface area contributed by atoms with Crippen LogP contribution >= 0.6 is 11.3 Å². The summed E-state index contributed by atoms with van der Waals surface area (Å²) < 4.78 is 0. The Kier molecular flexibility index (Phi) is 4.17. The molecule has 1 unspecified atom stereocenters. The van der Waals surface area contributed by atoms with Gasteiger partial charge in [0.1, 0.15) is 17.0 Å². The van der Waals surface area contributed by atoms with Crippen LogP contribution in [0.5, 0.6) is 0 Å². The topological polar surface area (TPSA) is 63.8 Å². The van der Waals surface area contributed by atoms with Gasteiger partial charge in [-0.25, -0.2) is 9.97 Å². The molecule has 1 aliphatic carbocycles. The first-order chi connectivity index (χ1) is 9.81. The fraction of sp³-hybridized carbons (Fsp3) is 0.600. The van der Waals surface area contributed by atoms with E-state index >= 15 is 0 Å². The van der Waals surface area contributed by atoms with Crippen LogP contribution in [0.25, 0.3) is 10.2 Å². The van der Waals surface area contributed by atoms with Crippen molar-refractivity contribution in [1.82, 2.24) is 9.97 Å². The lowest BCUT2D eigenvalue weighted by molar-refractivity contribution is 0.461. The molecule has 3 N–H and O–H groups in total. The number of aryl methyl sites for hydroxylation is 1. The predicted octanol–water partition coefficient (Wildman–Crippen LogP) is 3.18. The number of nitrogens with one attached hydrogen (secondary N) is 1. The maximum Gasteiger partial charge on any atom is 0.138 e. The van der Waals surface area contributed by atoms with E-state index in [9.17, 15) is 0 Å². The number of rotatable bonds is 5. The van der Waals surface area contributed by atoms with Gasteiger partial charge in [0.2, 0.25) is 0 Å². The van der Waals surface area contributed by atoms with Gasteiger partial charge >= 0.3 is 0 Å². The SMILES string of the molecule is CCc1cc2c(NC(CN)C3CCCC3)ncnc2s1. The first-order valence-electron chi connectivity index (χ1n) is 7.51. The highest BCUT2D eigenvalue weighted by Gasteiger charge is 2.24. The quantitative estimate of drug-likeness (QED) is 0.887. The number of nitrogens with two attached hydrogens (primary N) is 1. The molecule has 0 aliphatic heterocycles. The summed E-state index contributed by atoms with van der Waals surface area (Å²) in [6.45, 7) is 2.84. The van der Waals surface area contributed by atoms with Crippen LogP contribution in [-0.4, -0.2) is 22.6 Å². The molecule has 1 aliphatic rings. The van der Waals surface area contributed by atoms with Crippen molar-refractivity contribution in [3.05, 3.63) is 17.3 Å². The van der Waals surface area contributed by atoms with Crippen molar-refractivity contribution in [3.8, 4) is 0 Å². The van der Waals surface area contributed by atoms with Gasteiger partial charge in [-0.05, 0) is 31.2 Å². The molecule has 5 heteroatoms. The number of anilines is 1. The third-order valence-electron chi connectivity index (χ3n) is 4.27. The van der Waals surface area contributed by atoms with Crippen molar-refractivity contribution in [1.29, 1.82) is 0 Å². The second kappa shape index (κ2) is 6.06. The lowest BCUT2D eigenvalue weighted by Gasteiger charge is -2.23. The van der Waals surface area contributed by atoms with Crippen LogP contribution in [0.1, 0.15) is 37.5 Å². The van der Waals surface area contributed by atoms with Crippen molar-refractivity contribution in [3.63, 3.8) is 0 Å². The second-order valence-electron chi connectivity index (χ2n) is 5.54. The largest absolute Gasteiger partial charge is 0.365 e. The Bertz CT molecular complexity index is 574. The lowest BCUT2D eigenvalue weighted by Crippen LogP contribution is -2.35. The molecule has 1 fully saturated rings. The van der Waals surface area contributed by atoms with E-state index in [4.69, 9.17) is 5.73 Å². The molecule has 0 amide bonds. The Morgan fingerprint density at radius 1 is 1.40 bits per heavy atom. The number of fused-ring (bicyclic) bond motifs is 1. The molecule has 2 aromatic rings. The van der Waals surface area contributed by atoms with Gasteiger partial charge in [0.05, 0.1) is 5.39 Å². The van der Waals surface area contributed by atoms with E-state index in [1.807, 2.05) is 0 Å². The molecule has 20 heavy (non-hydrogen) atoms. The van der Waals surface area contributed by atoms with E-state index in [2.05, 4.69) is 28.3 Å². The maximum atomic E-state index is 5.97. The van der Waals surface area contributed by atoms with E-state index in [1.165, 1.54) is 30.6 Å². The van der Waals surface area contributed by atoms with E-state index < -0.39 is 0 Å². The van der Waals surface area contributed by atoms with Gasteiger partial charge < -0.3 is 11.1 Å². The standard InChI is InChI=1S/C15H22N4S/c1-2-11-7-12-14(17-9-18-15(12)20-11)19-13(8-16)10-5-3-4-6-10/h7,9-10,13H,2-6,8,16H2,1H3,(H,17,18,19). The highest BCUT2D eigenvalue weighted by atomic mass is 32.1. The van der Waals surface area contributed by atoms with Crippen LogP contribution in [0.4, 0.5) is 5.82 Å². The van der Waals surface area contributed by atoms with Crippen molar-refractivity contribution >= 4 is 27.4 Å². The van der Waals surface area contributed by atoms with Crippen LogP contribution in [0.3, 0.4) is 0 Å². The smallest absolute Gasteiger partial charge is 0.138 e. The predicted molar refractivity (Wildman–Crippen MR) is 85.2 cm³/mol. The number of nitrogens with zero attached hydrogens (tertiary/aromatic N) is 2. The van der Waals surface area contributed by atoms with Gasteiger partial charge in [-0.15, -0.1) is 11.3 Å². The Morgan fingerprint density at radius 2 is 2.20 bits per heavy atom. The average molecular weight is 290 g/mol. The van der Waals surface area contributed by atoms with Crippen molar-refractivity contribution < 1.29 is 0 Å². The molecular weight excluding hydrogens is 268 g/mol. The van der Waals surface area contributed by atoms with Crippen molar-refractivity contribution in [2.24, 2.45) is 11.7 Å². The summed E-state index contributed by atoms with van der Waals surface area (Å²) in [5, 5.41) is 4.73. The van der Waals surface area contributed by atoms with E-state index in [-0.39, 0.29) is 0 Å². The highest BCUT2D eigenvalue weighted by Crippen LogP contribution is 2.32. The van der Waals surface area contributed by atoms with Gasteiger partial charge in [0.25, 0.3) is 0 Å². The van der Waals surface area contributed by atoms with E-state index in [0.29, 0.717) is 18.5 Å². The molecule has 1 saturated carbocycles. The van der Waals surface area contributed by atoms with E-state index in [1.54, 1.807) is 17.7 Å². The summed E-state index contributed by atoms with van der Waals surface area (Å²) >= 11 is 1.76. The Morgan fingerprint density at radius 3 is 2.90 bits per heavy atom. The van der Waals surface area contributed by atoms with Gasteiger partial charge in [-0.1, -0.05) is 19.8 Å². The summed E-state index contributed by atoms with van der Waals surface area (Å²) in [7, 11) is 0. The highest BCUT2D eigenvalue weighted by molar-refractivity contribution is 7.18. The molecule has 1 atom stereocenters. The average Bonchev–Trinajstić information content (AvgIpc) is 3.13. The Balaban J connectivity index is 1.86. The number of aromatic nitrogens is 2. The summed E-state index contributed by atoms with van der Waals surface area (Å²) in [6, 6.07) is 2.55. The Labute approximate surface area is 123 Å². The van der Waals surface area contributed by atoms with Crippen molar-refractivity contribution in [2.45, 2.75) is 45.1 Å². The third-order valence-corrected chi connectivity index (χ3v) is 5.46. The molecule has 0 radical (unpaired) electrons. The molecule has 2 aromatic heterocycles. The van der Waals surface area contributed by atoms with Crippen LogP contribution < -0.4 is 11.1 Å². The van der Waals surface area contributed by atoms with Crippen molar-refractivity contribution in [2.75, 3.05) is 11.9 Å². The number of hydrogen-bond acceptors (Lipinski definition) is 5. The first kappa shape index (κ1) is 13.8. The molecule has 0 spiro atoms. The van der Waals surface area contributed by atoms with Crippen LogP contribution in [0.15, 0.2) is 12.4 Å². The van der Waals surface area contributed by atoms with Gasteiger partial charge in [-0.3, -0.25) is 0 Å². The molecule has 0 bridgehead atoms. The van der Waals surface area contributed by atoms with Gasteiger partial charge in [0, 0.05) is 17.5 Å². The molecule has 0 aromatic carbocycles. The van der Waals surface area contributed by atoms with Gasteiger partial charge in [0.15, 0.2) is 0 Å². The molecule has 4 nitrogen and oxygen atoms in total. The maximum absolute atomic E-state index is 5.97. The molecule has 108 valence electrons. The second-order valence-corrected chi connectivity index (χ2v) is 6.65. The fourth-order valence-corrected chi connectivity index (χ4v) is 4.03. The first-order valence-corrected chi connectivity index (χ1v) is 8.33. The van der Waals surface area contributed by atoms with Crippen LogP contribution in [0.2, 0.25) is 0 Å². The molecule has 2 heterocycles. The minimum absolute atomic E-state index is 0.334. The number of hydrogen-bond donors (Lipinski definition) is 2. The van der Waals surface area contributed by atoms with Crippen LogP contribution in [0, 0.1) is 5.92 Å². The molecule has 3 rings (SSSR count). The normalized spacial score (nSPS) is 17.7. The minimum atomic E-state index is 0.334. The summed E-state index contributed by atoms with van der Waals surface area (Å²) in [5.41, 5.74) is 5.97. The number of thiophene rings is 1. The zero-order valence-electron chi connectivity index (χ0n) is 11.9. The summed E-state index contributed by atoms with van der Waals surface area (Å²) in [4.78, 5) is 11.2. The zero-order valence-corrected chi connectivity index (χ0v) is 12.7. The summed E-state index contributed by atoms with van der Waals surface area (Å²) in [5.74, 6) is 1.64. The van der Waals surface area contributed by atoms with E-state index in [0.717, 1.165) is 22.5 Å². The third kappa shape index (κ3) is 2.65. The monoisotopic (exact) mass is 290 g/mol. The van der Waals surface area contributed by atoms with Crippen LogP contribution in [-0.2, 0) is 6.42 Å². The molecular formula is C15H22N4S. The zero-order chi connectivity index (χ0) is 13.9. The fourth-order valence-electron chi connectivity index (χ4n) is 3.10. The summed E-state index contributed by atoms with van der Waals surface area (Å²) in [6.07, 6.45) is 7.94. The lowest BCUT2D eigenvalue weighted by atomic mass is 9.98. The molecule has 0 saturated heterocycles. The minimum Gasteiger partial charge on any atom is -0.365 e. The Hall–Kier alpha value is -1.20.